The third-order valence-electron chi connectivity index (χ3n) is 1.36. The molecular formula is C7H9N3O2. The first-order valence-corrected chi connectivity index (χ1v) is 3.22. The Morgan fingerprint density at radius 3 is 2.83 bits per heavy atom. The SMILES string of the molecule is COc1cc(O)c(C(=N)N)cn1. The molecule has 0 unspecified atom stereocenters. The van der Waals surface area contributed by atoms with Gasteiger partial charge in [-0.3, -0.25) is 5.41 Å². The van der Waals surface area contributed by atoms with E-state index in [1.54, 1.807) is 0 Å². The van der Waals surface area contributed by atoms with Crippen LogP contribution >= 0.6 is 0 Å². The first-order valence-electron chi connectivity index (χ1n) is 3.22. The van der Waals surface area contributed by atoms with Crippen molar-refractivity contribution in [3.05, 3.63) is 17.8 Å². The number of nitrogens with two attached hydrogens (primary N) is 1. The summed E-state index contributed by atoms with van der Waals surface area (Å²) in [4.78, 5) is 3.78. The van der Waals surface area contributed by atoms with E-state index in [9.17, 15) is 5.11 Å². The van der Waals surface area contributed by atoms with Gasteiger partial charge in [0.15, 0.2) is 0 Å². The van der Waals surface area contributed by atoms with Crippen LogP contribution in [-0.2, 0) is 0 Å². The van der Waals surface area contributed by atoms with Crippen molar-refractivity contribution in [3.8, 4) is 11.6 Å². The molecule has 0 bridgehead atoms. The molecule has 1 aromatic rings. The monoisotopic (exact) mass is 167 g/mol. The summed E-state index contributed by atoms with van der Waals surface area (Å²) in [5, 5.41) is 16.3. The minimum absolute atomic E-state index is 0.102. The van der Waals surface area contributed by atoms with Crippen molar-refractivity contribution in [3.63, 3.8) is 0 Å². The van der Waals surface area contributed by atoms with Gasteiger partial charge in [-0.1, -0.05) is 0 Å². The second-order valence-corrected chi connectivity index (χ2v) is 2.16. The third kappa shape index (κ3) is 1.45. The molecule has 4 N–H and O–H groups in total. The molecule has 0 spiro atoms. The molecule has 0 aliphatic carbocycles. The standard InChI is InChI=1S/C7H9N3O2/c1-12-6-2-5(11)4(3-10-6)7(8)9/h2-3H,1H3,(H3,8,9)(H,10,11). The molecule has 0 radical (unpaired) electrons. The third-order valence-corrected chi connectivity index (χ3v) is 1.36. The van der Waals surface area contributed by atoms with Gasteiger partial charge in [-0.05, 0) is 0 Å². The molecule has 0 amide bonds. The van der Waals surface area contributed by atoms with Gasteiger partial charge in [0.2, 0.25) is 5.88 Å². The van der Waals surface area contributed by atoms with Crippen molar-refractivity contribution in [2.24, 2.45) is 5.73 Å². The van der Waals surface area contributed by atoms with E-state index >= 15 is 0 Å². The number of amidine groups is 1. The molecule has 0 atom stereocenters. The number of nitrogens with zero attached hydrogens (tertiary/aromatic N) is 1. The van der Waals surface area contributed by atoms with Crippen LogP contribution in [0.1, 0.15) is 5.56 Å². The predicted molar refractivity (Wildman–Crippen MR) is 43.5 cm³/mol. The molecule has 64 valence electrons. The zero-order valence-corrected chi connectivity index (χ0v) is 6.53. The van der Waals surface area contributed by atoms with Crippen molar-refractivity contribution in [1.82, 2.24) is 4.98 Å². The summed E-state index contributed by atoms with van der Waals surface area (Å²) in [5.41, 5.74) is 5.35. The van der Waals surface area contributed by atoms with Gasteiger partial charge in [0.25, 0.3) is 0 Å². The molecule has 0 saturated heterocycles. The highest BCUT2D eigenvalue weighted by Gasteiger charge is 2.05. The van der Waals surface area contributed by atoms with Crippen molar-refractivity contribution >= 4 is 5.84 Å². The molecule has 1 rings (SSSR count). The number of ether oxygens (including phenoxy) is 1. The number of pyridine rings is 1. The largest absolute Gasteiger partial charge is 0.507 e. The van der Waals surface area contributed by atoms with Crippen molar-refractivity contribution in [1.29, 1.82) is 5.41 Å². The Morgan fingerprint density at radius 1 is 1.75 bits per heavy atom. The van der Waals surface area contributed by atoms with Crippen LogP contribution < -0.4 is 10.5 Å². The molecule has 5 heteroatoms. The van der Waals surface area contributed by atoms with Crippen molar-refractivity contribution in [2.45, 2.75) is 0 Å². The molecule has 0 aromatic carbocycles. The Hall–Kier alpha value is -1.78. The first kappa shape index (κ1) is 8.32. The van der Waals surface area contributed by atoms with E-state index in [2.05, 4.69) is 4.98 Å². The van der Waals surface area contributed by atoms with E-state index < -0.39 is 0 Å². The molecule has 0 aliphatic rings. The second-order valence-electron chi connectivity index (χ2n) is 2.16. The number of rotatable bonds is 2. The van der Waals surface area contributed by atoms with E-state index in [0.717, 1.165) is 0 Å². The lowest BCUT2D eigenvalue weighted by atomic mass is 10.2. The minimum Gasteiger partial charge on any atom is -0.507 e. The van der Waals surface area contributed by atoms with E-state index in [1.807, 2.05) is 0 Å². The van der Waals surface area contributed by atoms with E-state index in [0.29, 0.717) is 0 Å². The van der Waals surface area contributed by atoms with Gasteiger partial charge in [0.1, 0.15) is 11.6 Å². The molecule has 1 heterocycles. The van der Waals surface area contributed by atoms with Gasteiger partial charge in [-0.15, -0.1) is 0 Å². The summed E-state index contributed by atoms with van der Waals surface area (Å²) in [7, 11) is 1.44. The normalized spacial score (nSPS) is 9.42. The Bertz CT molecular complexity index is 312. The van der Waals surface area contributed by atoms with Gasteiger partial charge in [-0.25, -0.2) is 4.98 Å². The number of aromatic hydroxyl groups is 1. The Kier molecular flexibility index (Phi) is 2.14. The van der Waals surface area contributed by atoms with Crippen LogP contribution in [0.3, 0.4) is 0 Å². The van der Waals surface area contributed by atoms with Crippen LogP contribution in [0.15, 0.2) is 12.3 Å². The average Bonchev–Trinajstić information content (AvgIpc) is 2.03. The van der Waals surface area contributed by atoms with Gasteiger partial charge in [0.05, 0.1) is 12.7 Å². The summed E-state index contributed by atoms with van der Waals surface area (Å²) in [6, 6.07) is 1.30. The summed E-state index contributed by atoms with van der Waals surface area (Å²) >= 11 is 0. The second kappa shape index (κ2) is 3.08. The number of methoxy groups -OCH3 is 1. The fraction of sp³-hybridized carbons (Fsp3) is 0.143. The van der Waals surface area contributed by atoms with E-state index in [4.69, 9.17) is 15.9 Å². The number of aromatic nitrogens is 1. The summed E-state index contributed by atoms with van der Waals surface area (Å²) in [5.74, 6) is -0.0329. The van der Waals surface area contributed by atoms with Crippen LogP contribution in [0.4, 0.5) is 0 Å². The quantitative estimate of drug-likeness (QED) is 0.429. The number of nitrogen functional groups attached to an aromatic ring is 1. The predicted octanol–water partition coefficient (Wildman–Crippen LogP) is 0.0799. The highest BCUT2D eigenvalue weighted by atomic mass is 16.5. The highest BCUT2D eigenvalue weighted by molar-refractivity contribution is 5.97. The van der Waals surface area contributed by atoms with Gasteiger partial charge < -0.3 is 15.6 Å². The Morgan fingerprint density at radius 2 is 2.42 bits per heavy atom. The molecule has 0 aliphatic heterocycles. The molecular weight excluding hydrogens is 158 g/mol. The van der Waals surface area contributed by atoms with E-state index in [-0.39, 0.29) is 23.0 Å². The fourth-order valence-electron chi connectivity index (χ4n) is 0.745. The molecule has 5 nitrogen and oxygen atoms in total. The maximum Gasteiger partial charge on any atom is 0.216 e. The lowest BCUT2D eigenvalue weighted by Crippen LogP contribution is -2.11. The molecule has 1 aromatic heterocycles. The van der Waals surface area contributed by atoms with Crippen LogP contribution in [-0.4, -0.2) is 23.0 Å². The van der Waals surface area contributed by atoms with Crippen LogP contribution in [0, 0.1) is 5.41 Å². The van der Waals surface area contributed by atoms with Gasteiger partial charge in [0, 0.05) is 12.3 Å². The molecule has 0 fully saturated rings. The lowest BCUT2D eigenvalue weighted by molar-refractivity contribution is 0.391. The summed E-state index contributed by atoms with van der Waals surface area (Å²) in [6.07, 6.45) is 1.29. The van der Waals surface area contributed by atoms with E-state index in [1.165, 1.54) is 19.4 Å². The van der Waals surface area contributed by atoms with Crippen molar-refractivity contribution in [2.75, 3.05) is 7.11 Å². The number of hydrogen-bond acceptors (Lipinski definition) is 4. The van der Waals surface area contributed by atoms with Crippen LogP contribution in [0.2, 0.25) is 0 Å². The molecule has 0 saturated carbocycles. The Balaban J connectivity index is 3.12. The van der Waals surface area contributed by atoms with Crippen molar-refractivity contribution < 1.29 is 9.84 Å². The zero-order valence-electron chi connectivity index (χ0n) is 6.53. The lowest BCUT2D eigenvalue weighted by Gasteiger charge is -2.03. The zero-order chi connectivity index (χ0) is 9.14. The summed E-state index contributed by atoms with van der Waals surface area (Å²) in [6.45, 7) is 0. The highest BCUT2D eigenvalue weighted by Crippen LogP contribution is 2.19. The number of hydrogen-bond donors (Lipinski definition) is 3. The van der Waals surface area contributed by atoms with Crippen LogP contribution in [0.25, 0.3) is 0 Å². The van der Waals surface area contributed by atoms with Gasteiger partial charge in [-0.2, -0.15) is 0 Å². The topological polar surface area (TPSA) is 92.2 Å². The average molecular weight is 167 g/mol. The summed E-state index contributed by atoms with van der Waals surface area (Å²) < 4.78 is 4.75. The maximum atomic E-state index is 9.25. The maximum absolute atomic E-state index is 9.25. The molecule has 12 heavy (non-hydrogen) atoms. The van der Waals surface area contributed by atoms with Gasteiger partial charge >= 0.3 is 0 Å². The minimum atomic E-state index is -0.220. The Labute approximate surface area is 69.3 Å². The number of nitrogens with one attached hydrogen (secondary N) is 1. The first-order chi connectivity index (χ1) is 5.65. The van der Waals surface area contributed by atoms with Crippen LogP contribution in [0.5, 0.6) is 11.6 Å². The smallest absolute Gasteiger partial charge is 0.216 e. The fourth-order valence-corrected chi connectivity index (χ4v) is 0.745.